The van der Waals surface area contributed by atoms with Gasteiger partial charge in [0.25, 0.3) is 5.91 Å². The fourth-order valence-electron chi connectivity index (χ4n) is 2.94. The number of amides is 1. The van der Waals surface area contributed by atoms with Gasteiger partial charge in [-0.3, -0.25) is 4.79 Å². The number of benzene rings is 2. The second kappa shape index (κ2) is 7.62. The Morgan fingerprint density at radius 3 is 2.68 bits per heavy atom. The third-order valence-electron chi connectivity index (χ3n) is 4.18. The molecule has 6 heteroatoms. The fourth-order valence-corrected chi connectivity index (χ4v) is 5.80. The molecule has 1 saturated heterocycles. The van der Waals surface area contributed by atoms with E-state index >= 15 is 0 Å². The van der Waals surface area contributed by atoms with Crippen LogP contribution in [0.2, 0.25) is 0 Å². The van der Waals surface area contributed by atoms with Crippen molar-refractivity contribution < 1.29 is 14.3 Å². The van der Waals surface area contributed by atoms with Crippen LogP contribution in [0.25, 0.3) is 0 Å². The molecule has 2 heterocycles. The Bertz CT molecular complexity index is 745. The second-order valence-electron chi connectivity index (χ2n) is 5.90. The largest absolute Gasteiger partial charge is 0.491 e. The monoisotopic (exact) mass is 373 g/mol. The van der Waals surface area contributed by atoms with E-state index in [2.05, 4.69) is 17.4 Å². The number of rotatable bonds is 5. The van der Waals surface area contributed by atoms with Gasteiger partial charge in [0.1, 0.15) is 18.1 Å². The quantitative estimate of drug-likeness (QED) is 0.864. The molecule has 130 valence electrons. The third kappa shape index (κ3) is 3.90. The molecule has 0 aliphatic carbocycles. The van der Waals surface area contributed by atoms with Crippen LogP contribution >= 0.6 is 23.5 Å². The number of fused-ring (bicyclic) bond motifs is 1. The summed E-state index contributed by atoms with van der Waals surface area (Å²) in [5, 5.41) is 2.97. The minimum atomic E-state index is -0.142. The van der Waals surface area contributed by atoms with E-state index in [1.54, 1.807) is 0 Å². The van der Waals surface area contributed by atoms with Gasteiger partial charge in [0, 0.05) is 17.1 Å². The number of thioether (sulfide) groups is 2. The predicted octanol–water partition coefficient (Wildman–Crippen LogP) is 3.79. The smallest absolute Gasteiger partial charge is 0.258 e. The van der Waals surface area contributed by atoms with E-state index in [4.69, 9.17) is 9.47 Å². The normalized spacial score (nSPS) is 19.3. The summed E-state index contributed by atoms with van der Waals surface area (Å²) < 4.78 is 11.7. The number of nitrogens with one attached hydrogen (secondary N) is 1. The van der Waals surface area contributed by atoms with Crippen molar-refractivity contribution in [1.82, 2.24) is 5.32 Å². The van der Waals surface area contributed by atoms with Crippen molar-refractivity contribution in [2.24, 2.45) is 0 Å². The van der Waals surface area contributed by atoms with Crippen molar-refractivity contribution in [3.63, 3.8) is 0 Å². The maximum Gasteiger partial charge on any atom is 0.258 e. The minimum Gasteiger partial charge on any atom is -0.491 e. The van der Waals surface area contributed by atoms with Gasteiger partial charge in [-0.2, -0.15) is 0 Å². The first kappa shape index (κ1) is 16.7. The molecule has 25 heavy (non-hydrogen) atoms. The Labute approximate surface area is 155 Å². The fraction of sp³-hybridized carbons (Fsp3) is 0.316. The number of para-hydroxylation sites is 1. The highest BCUT2D eigenvalue weighted by atomic mass is 32.2. The Morgan fingerprint density at radius 2 is 1.88 bits per heavy atom. The topological polar surface area (TPSA) is 47.6 Å². The van der Waals surface area contributed by atoms with Crippen LogP contribution in [0.15, 0.2) is 48.5 Å². The lowest BCUT2D eigenvalue weighted by atomic mass is 10.1. The number of carbonyl (C=O) groups is 1. The lowest BCUT2D eigenvalue weighted by molar-refractivity contribution is -0.123. The van der Waals surface area contributed by atoms with Crippen LogP contribution in [0, 0.1) is 0 Å². The molecule has 1 amide bonds. The van der Waals surface area contributed by atoms with Crippen LogP contribution in [0.1, 0.15) is 21.8 Å². The molecule has 1 fully saturated rings. The number of ether oxygens (including phenoxy) is 2. The highest BCUT2D eigenvalue weighted by Crippen LogP contribution is 2.45. The average molecular weight is 373 g/mol. The molecule has 4 rings (SSSR count). The van der Waals surface area contributed by atoms with Gasteiger partial charge in [0.2, 0.25) is 0 Å². The predicted molar refractivity (Wildman–Crippen MR) is 102 cm³/mol. The van der Waals surface area contributed by atoms with E-state index in [1.807, 2.05) is 59.9 Å². The van der Waals surface area contributed by atoms with E-state index in [0.717, 1.165) is 17.1 Å². The molecular formula is C19H19NO3S2. The third-order valence-corrected chi connectivity index (χ3v) is 7.28. The van der Waals surface area contributed by atoms with Crippen LogP contribution in [-0.2, 0) is 4.79 Å². The van der Waals surface area contributed by atoms with Gasteiger partial charge >= 0.3 is 0 Å². The van der Waals surface area contributed by atoms with E-state index in [0.29, 0.717) is 11.2 Å². The lowest BCUT2D eigenvalue weighted by Crippen LogP contribution is -2.33. The summed E-state index contributed by atoms with van der Waals surface area (Å²) in [6, 6.07) is 15.7. The molecule has 0 radical (unpaired) electrons. The minimum absolute atomic E-state index is 0.00490. The first-order valence-electron chi connectivity index (χ1n) is 8.27. The molecule has 1 unspecified atom stereocenters. The molecule has 2 aromatic carbocycles. The van der Waals surface area contributed by atoms with Crippen molar-refractivity contribution in [2.75, 3.05) is 24.7 Å². The Hall–Kier alpha value is -1.79. The van der Waals surface area contributed by atoms with Gasteiger partial charge in [-0.25, -0.2) is 0 Å². The van der Waals surface area contributed by atoms with Crippen LogP contribution in [0.4, 0.5) is 0 Å². The van der Waals surface area contributed by atoms with E-state index in [-0.39, 0.29) is 18.6 Å². The first-order chi connectivity index (χ1) is 12.3. The lowest BCUT2D eigenvalue weighted by Gasteiger charge is -2.13. The van der Waals surface area contributed by atoms with Crippen LogP contribution in [0.3, 0.4) is 0 Å². The van der Waals surface area contributed by atoms with Crippen LogP contribution in [0.5, 0.6) is 11.5 Å². The summed E-state index contributed by atoms with van der Waals surface area (Å²) in [7, 11) is 0. The highest BCUT2D eigenvalue weighted by molar-refractivity contribution is 8.19. The molecule has 2 aliphatic heterocycles. The number of hydrogen-bond acceptors (Lipinski definition) is 5. The molecule has 2 aromatic rings. The molecule has 0 saturated carbocycles. The molecule has 1 N–H and O–H groups in total. The van der Waals surface area contributed by atoms with E-state index in [9.17, 15) is 4.79 Å². The maximum absolute atomic E-state index is 12.2. The maximum atomic E-state index is 12.2. The van der Waals surface area contributed by atoms with Crippen molar-refractivity contribution in [3.8, 4) is 11.5 Å². The zero-order valence-electron chi connectivity index (χ0n) is 13.6. The number of hydrogen-bond donors (Lipinski definition) is 1. The standard InChI is InChI=1S/C19H19NO3S2/c21-18(20-16-11-23-17-4-2-1-3-15(16)17)12-22-14-7-5-13(6-8-14)19-24-9-10-25-19/h1-8,16,19H,9-12H2,(H,20,21). The van der Waals surface area contributed by atoms with Gasteiger partial charge in [-0.15, -0.1) is 23.5 Å². The Balaban J connectivity index is 1.29. The van der Waals surface area contributed by atoms with E-state index in [1.165, 1.54) is 17.1 Å². The molecule has 1 atom stereocenters. The Morgan fingerprint density at radius 1 is 1.12 bits per heavy atom. The van der Waals surface area contributed by atoms with Gasteiger partial charge < -0.3 is 14.8 Å². The summed E-state index contributed by atoms with van der Waals surface area (Å²) in [6.45, 7) is 0.474. The molecule has 0 spiro atoms. The summed E-state index contributed by atoms with van der Waals surface area (Å²) in [4.78, 5) is 12.2. The Kier molecular flexibility index (Phi) is 5.08. The molecule has 4 nitrogen and oxygen atoms in total. The molecule has 2 aliphatic rings. The number of carbonyl (C=O) groups excluding carboxylic acids is 1. The van der Waals surface area contributed by atoms with Gasteiger partial charge in [-0.05, 0) is 23.8 Å². The zero-order chi connectivity index (χ0) is 17.1. The average Bonchev–Trinajstić information content (AvgIpc) is 3.31. The van der Waals surface area contributed by atoms with Crippen molar-refractivity contribution in [2.45, 2.75) is 10.6 Å². The molecule has 0 aromatic heterocycles. The summed E-state index contributed by atoms with van der Waals surface area (Å²) in [5.74, 6) is 3.84. The van der Waals surface area contributed by atoms with E-state index < -0.39 is 0 Å². The first-order valence-corrected chi connectivity index (χ1v) is 10.4. The second-order valence-corrected chi connectivity index (χ2v) is 8.62. The van der Waals surface area contributed by atoms with Crippen molar-refractivity contribution >= 4 is 29.4 Å². The van der Waals surface area contributed by atoms with Crippen LogP contribution < -0.4 is 14.8 Å². The van der Waals surface area contributed by atoms with Crippen molar-refractivity contribution in [3.05, 3.63) is 59.7 Å². The van der Waals surface area contributed by atoms with Crippen molar-refractivity contribution in [1.29, 1.82) is 0 Å². The highest BCUT2D eigenvalue weighted by Gasteiger charge is 2.25. The van der Waals surface area contributed by atoms with Gasteiger partial charge in [-0.1, -0.05) is 30.3 Å². The molecular weight excluding hydrogens is 354 g/mol. The molecule has 0 bridgehead atoms. The summed E-state index contributed by atoms with van der Waals surface area (Å²) >= 11 is 3.96. The van der Waals surface area contributed by atoms with Gasteiger partial charge in [0.05, 0.1) is 10.6 Å². The zero-order valence-corrected chi connectivity index (χ0v) is 15.3. The van der Waals surface area contributed by atoms with Gasteiger partial charge in [0.15, 0.2) is 6.61 Å². The SMILES string of the molecule is O=C(COc1ccc(C2SCCS2)cc1)NC1COc2ccccc21. The summed E-state index contributed by atoms with van der Waals surface area (Å²) in [5.41, 5.74) is 2.33. The van der Waals surface area contributed by atoms with Crippen LogP contribution in [-0.4, -0.2) is 30.6 Å². The summed E-state index contributed by atoms with van der Waals surface area (Å²) in [6.07, 6.45) is 0.